The molecule has 1 aliphatic heterocycles. The molecular weight excluding hydrogens is 314 g/mol. The Balaban J connectivity index is 1.76. The second kappa shape index (κ2) is 7.11. The lowest BCUT2D eigenvalue weighted by atomic mass is 10.2. The van der Waals surface area contributed by atoms with Crippen LogP contribution in [0.3, 0.4) is 0 Å². The van der Waals surface area contributed by atoms with Gasteiger partial charge in [0.2, 0.25) is 5.91 Å². The zero-order valence-electron chi connectivity index (χ0n) is 9.99. The van der Waals surface area contributed by atoms with Gasteiger partial charge in [-0.05, 0) is 54.0 Å². The van der Waals surface area contributed by atoms with Crippen molar-refractivity contribution in [2.75, 3.05) is 24.2 Å². The minimum atomic E-state index is 0.0120. The monoisotopic (exact) mass is 329 g/mol. The van der Waals surface area contributed by atoms with E-state index in [1.54, 1.807) is 18.0 Å². The van der Waals surface area contributed by atoms with Gasteiger partial charge in [-0.1, -0.05) is 0 Å². The summed E-state index contributed by atoms with van der Waals surface area (Å²) in [5.74, 6) is 1.10. The molecule has 0 aliphatic carbocycles. The summed E-state index contributed by atoms with van der Waals surface area (Å²) in [7, 11) is 0. The third-order valence-electron chi connectivity index (χ3n) is 2.75. The lowest BCUT2D eigenvalue weighted by molar-refractivity contribution is -0.113. The van der Waals surface area contributed by atoms with Crippen molar-refractivity contribution in [3.05, 3.63) is 22.8 Å². The van der Waals surface area contributed by atoms with Crippen LogP contribution < -0.4 is 10.6 Å². The highest BCUT2D eigenvalue weighted by Crippen LogP contribution is 2.21. The minimum Gasteiger partial charge on any atom is -0.317 e. The van der Waals surface area contributed by atoms with E-state index in [0.29, 0.717) is 16.8 Å². The van der Waals surface area contributed by atoms with Gasteiger partial charge in [-0.2, -0.15) is 0 Å². The second-order valence-corrected chi connectivity index (χ2v) is 6.29. The molecule has 1 aromatic rings. The molecular formula is C12H16BrN3OS. The number of anilines is 1. The van der Waals surface area contributed by atoms with Gasteiger partial charge in [0.1, 0.15) is 5.82 Å². The first-order valence-electron chi connectivity index (χ1n) is 5.98. The molecule has 1 saturated heterocycles. The van der Waals surface area contributed by atoms with E-state index >= 15 is 0 Å². The molecule has 0 unspecified atom stereocenters. The van der Waals surface area contributed by atoms with Gasteiger partial charge >= 0.3 is 0 Å². The number of nitrogens with zero attached hydrogens (tertiary/aromatic N) is 1. The zero-order chi connectivity index (χ0) is 12.8. The lowest BCUT2D eigenvalue weighted by Gasteiger charge is -2.21. The first-order valence-corrected chi connectivity index (χ1v) is 7.82. The topological polar surface area (TPSA) is 54.0 Å². The number of carbonyl (C=O) groups excluding carboxylic acids is 1. The van der Waals surface area contributed by atoms with E-state index in [4.69, 9.17) is 0 Å². The van der Waals surface area contributed by atoms with E-state index in [1.807, 2.05) is 12.1 Å². The van der Waals surface area contributed by atoms with Gasteiger partial charge in [0.25, 0.3) is 0 Å². The summed E-state index contributed by atoms with van der Waals surface area (Å²) in [5.41, 5.74) is 0. The van der Waals surface area contributed by atoms with Gasteiger partial charge in [-0.3, -0.25) is 4.79 Å². The predicted molar refractivity (Wildman–Crippen MR) is 78.9 cm³/mol. The molecule has 0 aromatic carbocycles. The number of rotatable bonds is 4. The van der Waals surface area contributed by atoms with Gasteiger partial charge in [-0.15, -0.1) is 11.8 Å². The summed E-state index contributed by atoms with van der Waals surface area (Å²) in [6.07, 6.45) is 3.96. The first-order chi connectivity index (χ1) is 8.75. The lowest BCUT2D eigenvalue weighted by Crippen LogP contribution is -2.30. The van der Waals surface area contributed by atoms with Crippen molar-refractivity contribution >= 4 is 39.4 Å². The number of pyridine rings is 1. The highest BCUT2D eigenvalue weighted by molar-refractivity contribution is 9.10. The number of carbonyl (C=O) groups is 1. The molecule has 0 atom stereocenters. The molecule has 0 saturated carbocycles. The Morgan fingerprint density at radius 1 is 1.56 bits per heavy atom. The number of amides is 1. The average Bonchev–Trinajstić information content (AvgIpc) is 2.40. The maximum atomic E-state index is 11.8. The third kappa shape index (κ3) is 4.26. The summed E-state index contributed by atoms with van der Waals surface area (Å²) in [5, 5.41) is 6.74. The van der Waals surface area contributed by atoms with Crippen LogP contribution in [0.1, 0.15) is 12.8 Å². The molecule has 2 rings (SSSR count). The molecule has 98 valence electrons. The van der Waals surface area contributed by atoms with Crippen LogP contribution >= 0.6 is 27.7 Å². The Kier molecular flexibility index (Phi) is 5.46. The van der Waals surface area contributed by atoms with Crippen LogP contribution in [0.15, 0.2) is 22.8 Å². The van der Waals surface area contributed by atoms with Crippen LogP contribution in [-0.4, -0.2) is 35.0 Å². The number of hydrogen-bond donors (Lipinski definition) is 2. The number of hydrogen-bond acceptors (Lipinski definition) is 4. The van der Waals surface area contributed by atoms with Crippen molar-refractivity contribution in [1.29, 1.82) is 0 Å². The second-order valence-electron chi connectivity index (χ2n) is 4.14. The smallest absolute Gasteiger partial charge is 0.235 e. The fraction of sp³-hybridized carbons (Fsp3) is 0.500. The summed E-state index contributed by atoms with van der Waals surface area (Å²) in [6.45, 7) is 2.12. The van der Waals surface area contributed by atoms with E-state index in [2.05, 4.69) is 31.5 Å². The summed E-state index contributed by atoms with van der Waals surface area (Å²) < 4.78 is 0.810. The van der Waals surface area contributed by atoms with E-state index < -0.39 is 0 Å². The van der Waals surface area contributed by atoms with Crippen LogP contribution in [0.4, 0.5) is 5.82 Å². The fourth-order valence-electron chi connectivity index (χ4n) is 1.80. The summed E-state index contributed by atoms with van der Waals surface area (Å²) in [4.78, 5) is 15.9. The van der Waals surface area contributed by atoms with Crippen LogP contribution in [-0.2, 0) is 4.79 Å². The van der Waals surface area contributed by atoms with Crippen LogP contribution in [0.5, 0.6) is 0 Å². The van der Waals surface area contributed by atoms with Crippen molar-refractivity contribution in [3.8, 4) is 0 Å². The Bertz CT molecular complexity index is 410. The Morgan fingerprint density at radius 3 is 3.06 bits per heavy atom. The van der Waals surface area contributed by atoms with Crippen molar-refractivity contribution in [3.63, 3.8) is 0 Å². The quantitative estimate of drug-likeness (QED) is 0.889. The molecule has 1 aliphatic rings. The van der Waals surface area contributed by atoms with E-state index in [9.17, 15) is 4.79 Å². The summed E-state index contributed by atoms with van der Waals surface area (Å²) >= 11 is 5.10. The standard InChI is InChI=1S/C12H16BrN3OS/c13-10-2-1-5-15-12(10)16-11(17)8-18-9-3-6-14-7-4-9/h1-2,5,9,14H,3-4,6-8H2,(H,15,16,17). The number of piperidine rings is 1. The number of aromatic nitrogens is 1. The van der Waals surface area contributed by atoms with E-state index in [0.717, 1.165) is 30.4 Å². The third-order valence-corrected chi connectivity index (χ3v) is 4.76. The maximum Gasteiger partial charge on any atom is 0.235 e. The predicted octanol–water partition coefficient (Wildman–Crippen LogP) is 2.27. The molecule has 0 spiro atoms. The van der Waals surface area contributed by atoms with E-state index in [1.165, 1.54) is 0 Å². The van der Waals surface area contributed by atoms with Crippen LogP contribution in [0.2, 0.25) is 0 Å². The average molecular weight is 330 g/mol. The SMILES string of the molecule is O=C(CSC1CCNCC1)Nc1ncccc1Br. The molecule has 6 heteroatoms. The molecule has 0 radical (unpaired) electrons. The number of halogens is 1. The molecule has 2 N–H and O–H groups in total. The van der Waals surface area contributed by atoms with Crippen LogP contribution in [0.25, 0.3) is 0 Å². The van der Waals surface area contributed by atoms with Crippen molar-refractivity contribution in [2.45, 2.75) is 18.1 Å². The van der Waals surface area contributed by atoms with Gasteiger partial charge in [0.15, 0.2) is 0 Å². The first kappa shape index (κ1) is 13.8. The Morgan fingerprint density at radius 2 is 2.33 bits per heavy atom. The zero-order valence-corrected chi connectivity index (χ0v) is 12.4. The highest BCUT2D eigenvalue weighted by Gasteiger charge is 2.15. The normalized spacial score (nSPS) is 16.5. The van der Waals surface area contributed by atoms with E-state index in [-0.39, 0.29) is 5.91 Å². The molecule has 1 amide bonds. The maximum absolute atomic E-state index is 11.8. The molecule has 0 bridgehead atoms. The van der Waals surface area contributed by atoms with Crippen molar-refractivity contribution < 1.29 is 4.79 Å². The molecule has 2 heterocycles. The largest absolute Gasteiger partial charge is 0.317 e. The number of nitrogens with one attached hydrogen (secondary N) is 2. The summed E-state index contributed by atoms with van der Waals surface area (Å²) in [6, 6.07) is 3.69. The molecule has 18 heavy (non-hydrogen) atoms. The molecule has 1 aromatic heterocycles. The van der Waals surface area contributed by atoms with Gasteiger partial charge in [-0.25, -0.2) is 4.98 Å². The van der Waals surface area contributed by atoms with Gasteiger partial charge < -0.3 is 10.6 Å². The Hall–Kier alpha value is -0.590. The fourth-order valence-corrected chi connectivity index (χ4v) is 3.18. The van der Waals surface area contributed by atoms with Crippen LogP contribution in [0, 0.1) is 0 Å². The van der Waals surface area contributed by atoms with Gasteiger partial charge in [0, 0.05) is 11.4 Å². The highest BCUT2D eigenvalue weighted by atomic mass is 79.9. The van der Waals surface area contributed by atoms with Crippen molar-refractivity contribution in [2.24, 2.45) is 0 Å². The Labute approximate surface area is 119 Å². The minimum absolute atomic E-state index is 0.0120. The van der Waals surface area contributed by atoms with Crippen molar-refractivity contribution in [1.82, 2.24) is 10.3 Å². The molecule has 1 fully saturated rings. The number of thioether (sulfide) groups is 1. The van der Waals surface area contributed by atoms with Gasteiger partial charge in [0.05, 0.1) is 10.2 Å². The molecule has 4 nitrogen and oxygen atoms in total.